The van der Waals surface area contributed by atoms with Crippen molar-refractivity contribution in [2.45, 2.75) is 82.3 Å². The highest BCUT2D eigenvalue weighted by Crippen LogP contribution is 2.41. The molecule has 2 atom stereocenters. The summed E-state index contributed by atoms with van der Waals surface area (Å²) in [5, 5.41) is 5.48. The molecule has 0 radical (unpaired) electrons. The van der Waals surface area contributed by atoms with Crippen LogP contribution >= 0.6 is 0 Å². The maximum atomic E-state index is 16.7. The fraction of sp³-hybridized carbons (Fsp3) is 0.529. The molecule has 2 aromatic carbocycles. The fourth-order valence-electron chi connectivity index (χ4n) is 8.08. The first-order valence-electron chi connectivity index (χ1n) is 15.8. The first-order chi connectivity index (χ1) is 20.3. The molecule has 4 saturated heterocycles. The quantitative estimate of drug-likeness (QED) is 0.301. The Kier molecular flexibility index (Phi) is 6.06. The summed E-state index contributed by atoms with van der Waals surface area (Å²) in [5.41, 5.74) is 4.02. The van der Waals surface area contributed by atoms with E-state index in [1.807, 2.05) is 18.3 Å². The van der Waals surface area contributed by atoms with Gasteiger partial charge in [-0.15, -0.1) is 0 Å². The second kappa shape index (κ2) is 9.64. The molecule has 7 nitrogen and oxygen atoms in total. The molecule has 4 fully saturated rings. The number of aromatic nitrogens is 3. The Labute approximate surface area is 246 Å². The number of nitrogens with zero attached hydrogens (tertiary/aromatic N) is 4. The number of hydrogen-bond acceptors (Lipinski definition) is 6. The van der Waals surface area contributed by atoms with Gasteiger partial charge in [0.2, 0.25) is 0 Å². The van der Waals surface area contributed by atoms with Crippen LogP contribution in [0.4, 0.5) is 10.2 Å². The van der Waals surface area contributed by atoms with Gasteiger partial charge in [0, 0.05) is 58.8 Å². The minimum absolute atomic E-state index is 0.00450. The Bertz CT molecular complexity index is 1650. The van der Waals surface area contributed by atoms with Gasteiger partial charge in [-0.25, -0.2) is 4.39 Å². The lowest BCUT2D eigenvalue weighted by atomic mass is 9.86. The van der Waals surface area contributed by atoms with Gasteiger partial charge in [-0.2, -0.15) is 9.97 Å². The topological polar surface area (TPSA) is 69.3 Å². The zero-order chi connectivity index (χ0) is 28.6. The molecule has 2 unspecified atom stereocenters. The number of fused-ring (bicyclic) bond motifs is 5. The van der Waals surface area contributed by atoms with Crippen molar-refractivity contribution in [2.75, 3.05) is 37.7 Å². The van der Waals surface area contributed by atoms with Crippen molar-refractivity contribution >= 4 is 27.6 Å². The van der Waals surface area contributed by atoms with Crippen LogP contribution in [0.25, 0.3) is 32.9 Å². The summed E-state index contributed by atoms with van der Waals surface area (Å²) in [4.78, 5) is 18.0. The van der Waals surface area contributed by atoms with E-state index in [0.29, 0.717) is 35.8 Å². The lowest BCUT2D eigenvalue weighted by Gasteiger charge is -2.34. The van der Waals surface area contributed by atoms with Gasteiger partial charge in [-0.3, -0.25) is 4.90 Å². The number of hydrogen-bond donors (Lipinski definition) is 2. The average Bonchev–Trinajstić information content (AvgIpc) is 3.74. The number of anilines is 1. The minimum atomic E-state index is -0.317. The molecule has 0 aliphatic carbocycles. The van der Waals surface area contributed by atoms with Crippen LogP contribution in [0.3, 0.4) is 0 Å². The van der Waals surface area contributed by atoms with E-state index in [2.05, 4.69) is 59.1 Å². The maximum Gasteiger partial charge on any atom is 0.319 e. The lowest BCUT2D eigenvalue weighted by Crippen LogP contribution is -2.51. The number of piperazine rings is 1. The Morgan fingerprint density at radius 1 is 0.976 bits per heavy atom. The summed E-state index contributed by atoms with van der Waals surface area (Å²) < 4.78 is 23.2. The molecule has 2 bridgehead atoms. The molecule has 2 N–H and O–H groups in total. The van der Waals surface area contributed by atoms with E-state index >= 15 is 4.39 Å². The summed E-state index contributed by atoms with van der Waals surface area (Å²) in [6, 6.07) is 11.5. The number of aromatic amines is 1. The molecule has 4 aromatic rings. The molecule has 8 rings (SSSR count). The number of H-pyrrole nitrogens is 1. The smallest absolute Gasteiger partial charge is 0.319 e. The second-order valence-electron chi connectivity index (χ2n) is 14.1. The molecule has 2 aromatic heterocycles. The van der Waals surface area contributed by atoms with E-state index in [1.54, 1.807) is 0 Å². The third-order valence-electron chi connectivity index (χ3n) is 10.4. The van der Waals surface area contributed by atoms with Crippen molar-refractivity contribution in [2.24, 2.45) is 0 Å². The molecular formula is C34H41FN6O. The van der Waals surface area contributed by atoms with Crippen LogP contribution < -0.4 is 15.0 Å². The predicted molar refractivity (Wildman–Crippen MR) is 166 cm³/mol. The molecule has 0 saturated carbocycles. The largest absolute Gasteiger partial charge is 0.461 e. The summed E-state index contributed by atoms with van der Waals surface area (Å²) in [7, 11) is 0. The maximum absolute atomic E-state index is 16.7. The number of halogens is 1. The van der Waals surface area contributed by atoms with Crippen LogP contribution in [0.2, 0.25) is 0 Å². The van der Waals surface area contributed by atoms with E-state index < -0.39 is 0 Å². The highest BCUT2D eigenvalue weighted by atomic mass is 19.1. The van der Waals surface area contributed by atoms with E-state index in [1.165, 1.54) is 31.2 Å². The highest BCUT2D eigenvalue weighted by molar-refractivity contribution is 6.00. The number of ether oxygens (including phenoxy) is 1. The Morgan fingerprint density at radius 3 is 2.48 bits per heavy atom. The average molecular weight is 569 g/mol. The Hall–Kier alpha value is -3.23. The highest BCUT2D eigenvalue weighted by Gasteiger charge is 2.45. The van der Waals surface area contributed by atoms with Gasteiger partial charge in [0.25, 0.3) is 0 Å². The van der Waals surface area contributed by atoms with Crippen LogP contribution in [0, 0.1) is 5.82 Å². The van der Waals surface area contributed by atoms with E-state index in [9.17, 15) is 0 Å². The van der Waals surface area contributed by atoms with Gasteiger partial charge in [0.05, 0.1) is 5.54 Å². The van der Waals surface area contributed by atoms with Crippen molar-refractivity contribution < 1.29 is 9.13 Å². The monoisotopic (exact) mass is 568 g/mol. The van der Waals surface area contributed by atoms with Crippen molar-refractivity contribution in [3.63, 3.8) is 0 Å². The van der Waals surface area contributed by atoms with Crippen LogP contribution in [0.15, 0.2) is 36.5 Å². The molecule has 0 amide bonds. The van der Waals surface area contributed by atoms with Gasteiger partial charge in [-0.05, 0) is 80.8 Å². The Balaban J connectivity index is 1.23. The predicted octanol–water partition coefficient (Wildman–Crippen LogP) is 6.16. The van der Waals surface area contributed by atoms with Crippen molar-refractivity contribution in [3.8, 4) is 17.1 Å². The minimum Gasteiger partial charge on any atom is -0.461 e. The second-order valence-corrected chi connectivity index (χ2v) is 14.1. The number of benzene rings is 2. The molecule has 4 aliphatic rings. The van der Waals surface area contributed by atoms with Crippen LogP contribution in [-0.2, 0) is 5.41 Å². The summed E-state index contributed by atoms with van der Waals surface area (Å²) in [6.07, 6.45) is 8.95. The first-order valence-corrected chi connectivity index (χ1v) is 15.8. The molecule has 0 spiro atoms. The summed E-state index contributed by atoms with van der Waals surface area (Å²) in [6.45, 7) is 11.2. The van der Waals surface area contributed by atoms with Crippen LogP contribution in [0.1, 0.15) is 64.9 Å². The third kappa shape index (κ3) is 4.29. The first kappa shape index (κ1) is 26.4. The van der Waals surface area contributed by atoms with E-state index in [0.717, 1.165) is 66.7 Å². The molecular weight excluding hydrogens is 527 g/mol. The van der Waals surface area contributed by atoms with Crippen molar-refractivity contribution in [3.05, 3.63) is 47.9 Å². The van der Waals surface area contributed by atoms with E-state index in [4.69, 9.17) is 14.7 Å². The fourth-order valence-corrected chi connectivity index (χ4v) is 8.08. The Morgan fingerprint density at radius 2 is 1.74 bits per heavy atom. The third-order valence-corrected chi connectivity index (χ3v) is 10.4. The standard InChI is InChI=1S/C34H41FN6O/c1-33(2,3)21-6-11-28-26(16-21)27(17-36-28)24-9-10-25-30(29(24)35)38-32(42-20-34-12-4-14-41(34)15-5-13-34)39-31(25)40-18-22-7-8-23(19-40)37-22/h6,9-11,16-17,22-23,36-37H,4-5,7-8,12-15,18-20H2,1-3H3. The summed E-state index contributed by atoms with van der Waals surface area (Å²) >= 11 is 0. The van der Waals surface area contributed by atoms with Crippen LogP contribution in [-0.4, -0.2) is 70.3 Å². The van der Waals surface area contributed by atoms with Gasteiger partial charge < -0.3 is 19.9 Å². The molecule has 220 valence electrons. The van der Waals surface area contributed by atoms with Gasteiger partial charge in [-0.1, -0.05) is 32.9 Å². The van der Waals surface area contributed by atoms with E-state index in [-0.39, 0.29) is 16.8 Å². The molecule has 42 heavy (non-hydrogen) atoms. The zero-order valence-corrected chi connectivity index (χ0v) is 25.0. The molecule has 6 heterocycles. The van der Waals surface area contributed by atoms with Gasteiger partial charge >= 0.3 is 6.01 Å². The van der Waals surface area contributed by atoms with Crippen molar-refractivity contribution in [1.82, 2.24) is 25.2 Å². The molecule has 8 heteroatoms. The number of rotatable bonds is 5. The lowest BCUT2D eigenvalue weighted by molar-refractivity contribution is 0.108. The van der Waals surface area contributed by atoms with Gasteiger partial charge in [0.1, 0.15) is 17.9 Å². The summed E-state index contributed by atoms with van der Waals surface area (Å²) in [5.74, 6) is 0.475. The normalized spacial score (nSPS) is 23.8. The molecule has 4 aliphatic heterocycles. The SMILES string of the molecule is CC(C)(C)c1ccc2[nH]cc(-c3ccc4c(N5CC6CCC(C5)N6)nc(OCC56CCCN5CCC6)nc4c3F)c2c1. The number of nitrogens with one attached hydrogen (secondary N) is 2. The van der Waals surface area contributed by atoms with Gasteiger partial charge in [0.15, 0.2) is 5.82 Å². The van der Waals surface area contributed by atoms with Crippen LogP contribution in [0.5, 0.6) is 6.01 Å². The zero-order valence-electron chi connectivity index (χ0n) is 25.0. The van der Waals surface area contributed by atoms with Crippen molar-refractivity contribution in [1.29, 1.82) is 0 Å².